The second kappa shape index (κ2) is 6.01. The summed E-state index contributed by atoms with van der Waals surface area (Å²) in [7, 11) is 0. The van der Waals surface area contributed by atoms with E-state index in [1.54, 1.807) is 24.3 Å². The summed E-state index contributed by atoms with van der Waals surface area (Å²) in [4.78, 5) is 11.8. The first kappa shape index (κ1) is 14.5. The van der Waals surface area contributed by atoms with Crippen LogP contribution in [0, 0.1) is 23.0 Å². The number of carbonyl (C=O) groups excluding carboxylic acids is 1. The summed E-state index contributed by atoms with van der Waals surface area (Å²) in [6.45, 7) is 0.141. The number of rotatable bonds is 3. The Morgan fingerprint density at radius 3 is 2.52 bits per heavy atom. The van der Waals surface area contributed by atoms with Gasteiger partial charge in [-0.25, -0.2) is 8.78 Å². The van der Waals surface area contributed by atoms with E-state index in [0.717, 1.165) is 12.1 Å². The zero-order chi connectivity index (χ0) is 15.4. The molecule has 0 heterocycles. The molecular weight excluding hydrogens is 276 g/mol. The maximum atomic E-state index is 13.3. The molecule has 0 spiro atoms. The third kappa shape index (κ3) is 3.34. The molecule has 3 N–H and O–H groups in total. The molecule has 21 heavy (non-hydrogen) atoms. The minimum absolute atomic E-state index is 0.141. The molecule has 6 heteroatoms. The number of nitriles is 1. The van der Waals surface area contributed by atoms with Crippen molar-refractivity contribution in [1.82, 2.24) is 5.32 Å². The molecule has 0 saturated heterocycles. The number of nitrogens with two attached hydrogens (primary N) is 1. The normalized spacial score (nSPS) is 9.95. The van der Waals surface area contributed by atoms with E-state index in [1.165, 1.54) is 0 Å². The standard InChI is InChI=1S/C15H11F2N3O/c16-12-5-11(6-13(17)14(12)19)15(21)20-8-10-3-1-2-9(4-10)7-18/h1-6H,8,19H2,(H,20,21). The first-order valence-corrected chi connectivity index (χ1v) is 6.03. The number of nitrogen functional groups attached to an aromatic ring is 1. The van der Waals surface area contributed by atoms with Crippen molar-refractivity contribution in [1.29, 1.82) is 5.26 Å². The molecule has 0 bridgehead atoms. The van der Waals surface area contributed by atoms with Crippen LogP contribution in [-0.4, -0.2) is 5.91 Å². The first-order valence-electron chi connectivity index (χ1n) is 6.03. The number of anilines is 1. The Morgan fingerprint density at radius 1 is 1.24 bits per heavy atom. The van der Waals surface area contributed by atoms with Gasteiger partial charge >= 0.3 is 0 Å². The van der Waals surface area contributed by atoms with E-state index in [9.17, 15) is 13.6 Å². The van der Waals surface area contributed by atoms with Gasteiger partial charge in [0, 0.05) is 12.1 Å². The van der Waals surface area contributed by atoms with Crippen molar-refractivity contribution in [3.05, 3.63) is 64.7 Å². The average molecular weight is 287 g/mol. The van der Waals surface area contributed by atoms with Gasteiger partial charge in [-0.3, -0.25) is 4.79 Å². The summed E-state index contributed by atoms with van der Waals surface area (Å²) in [6, 6.07) is 10.4. The molecule has 0 saturated carbocycles. The van der Waals surface area contributed by atoms with Crippen LogP contribution >= 0.6 is 0 Å². The number of nitrogens with zero attached hydrogens (tertiary/aromatic N) is 1. The lowest BCUT2D eigenvalue weighted by molar-refractivity contribution is 0.0950. The monoisotopic (exact) mass is 287 g/mol. The van der Waals surface area contributed by atoms with Crippen molar-refractivity contribution in [2.45, 2.75) is 6.54 Å². The van der Waals surface area contributed by atoms with Crippen LogP contribution in [0.4, 0.5) is 14.5 Å². The van der Waals surface area contributed by atoms with Crippen LogP contribution < -0.4 is 11.1 Å². The van der Waals surface area contributed by atoms with Gasteiger partial charge in [-0.05, 0) is 29.8 Å². The molecule has 0 unspecified atom stereocenters. The third-order valence-corrected chi connectivity index (χ3v) is 2.85. The second-order valence-corrected chi connectivity index (χ2v) is 4.35. The van der Waals surface area contributed by atoms with E-state index in [1.807, 2.05) is 6.07 Å². The molecule has 0 aliphatic carbocycles. The van der Waals surface area contributed by atoms with Gasteiger partial charge in [-0.15, -0.1) is 0 Å². The lowest BCUT2D eigenvalue weighted by Crippen LogP contribution is -2.23. The van der Waals surface area contributed by atoms with Gasteiger partial charge in [-0.1, -0.05) is 12.1 Å². The molecule has 0 fully saturated rings. The average Bonchev–Trinajstić information content (AvgIpc) is 2.50. The first-order chi connectivity index (χ1) is 10.0. The van der Waals surface area contributed by atoms with Crippen molar-refractivity contribution < 1.29 is 13.6 Å². The van der Waals surface area contributed by atoms with Crippen LogP contribution in [0.5, 0.6) is 0 Å². The summed E-state index contributed by atoms with van der Waals surface area (Å²) >= 11 is 0. The molecule has 106 valence electrons. The van der Waals surface area contributed by atoms with Crippen LogP contribution in [0.1, 0.15) is 21.5 Å². The predicted molar refractivity (Wildman–Crippen MR) is 73.1 cm³/mol. The highest BCUT2D eigenvalue weighted by Crippen LogP contribution is 2.17. The van der Waals surface area contributed by atoms with E-state index in [-0.39, 0.29) is 12.1 Å². The Labute approximate surface area is 119 Å². The summed E-state index contributed by atoms with van der Waals surface area (Å²) < 4.78 is 26.6. The van der Waals surface area contributed by atoms with E-state index in [2.05, 4.69) is 5.32 Å². The number of nitrogens with one attached hydrogen (secondary N) is 1. The van der Waals surface area contributed by atoms with Crippen LogP contribution in [0.15, 0.2) is 36.4 Å². The van der Waals surface area contributed by atoms with Gasteiger partial charge < -0.3 is 11.1 Å². The van der Waals surface area contributed by atoms with Gasteiger partial charge in [0.05, 0.1) is 11.6 Å². The fourth-order valence-corrected chi connectivity index (χ4v) is 1.75. The van der Waals surface area contributed by atoms with Crippen molar-refractivity contribution in [3.8, 4) is 6.07 Å². The van der Waals surface area contributed by atoms with E-state index in [0.29, 0.717) is 11.1 Å². The molecular formula is C15H11F2N3O. The van der Waals surface area contributed by atoms with Crippen molar-refractivity contribution >= 4 is 11.6 Å². The number of hydrogen-bond donors (Lipinski definition) is 2. The Balaban J connectivity index is 2.10. The molecule has 0 aliphatic rings. The minimum atomic E-state index is -0.980. The number of benzene rings is 2. The summed E-state index contributed by atoms with van der Waals surface area (Å²) in [5.41, 5.74) is 5.53. The Hall–Kier alpha value is -2.94. The second-order valence-electron chi connectivity index (χ2n) is 4.35. The zero-order valence-corrected chi connectivity index (χ0v) is 10.9. The number of halogens is 2. The van der Waals surface area contributed by atoms with Gasteiger partial charge in [0.2, 0.25) is 0 Å². The van der Waals surface area contributed by atoms with Crippen LogP contribution in [0.25, 0.3) is 0 Å². The van der Waals surface area contributed by atoms with Gasteiger partial charge in [0.15, 0.2) is 0 Å². The fraction of sp³-hybridized carbons (Fsp3) is 0.0667. The molecule has 0 radical (unpaired) electrons. The van der Waals surface area contributed by atoms with Crippen LogP contribution in [-0.2, 0) is 6.54 Å². The van der Waals surface area contributed by atoms with Crippen molar-refractivity contribution in [2.24, 2.45) is 0 Å². The molecule has 2 aromatic carbocycles. The van der Waals surface area contributed by atoms with Gasteiger partial charge in [0.1, 0.15) is 17.3 Å². The smallest absolute Gasteiger partial charge is 0.251 e. The number of hydrogen-bond acceptors (Lipinski definition) is 3. The number of carbonyl (C=O) groups is 1. The molecule has 1 amide bonds. The predicted octanol–water partition coefficient (Wildman–Crippen LogP) is 2.35. The summed E-state index contributed by atoms with van der Waals surface area (Å²) in [5, 5.41) is 11.3. The van der Waals surface area contributed by atoms with E-state index in [4.69, 9.17) is 11.0 Å². The maximum Gasteiger partial charge on any atom is 0.251 e. The molecule has 4 nitrogen and oxygen atoms in total. The third-order valence-electron chi connectivity index (χ3n) is 2.85. The topological polar surface area (TPSA) is 78.9 Å². The number of amides is 1. The quantitative estimate of drug-likeness (QED) is 0.850. The molecule has 2 aromatic rings. The Morgan fingerprint density at radius 2 is 1.90 bits per heavy atom. The van der Waals surface area contributed by atoms with Crippen LogP contribution in [0.2, 0.25) is 0 Å². The molecule has 0 aliphatic heterocycles. The largest absolute Gasteiger partial charge is 0.394 e. The molecule has 2 rings (SSSR count). The molecule has 0 atom stereocenters. The highest BCUT2D eigenvalue weighted by atomic mass is 19.1. The highest BCUT2D eigenvalue weighted by Gasteiger charge is 2.13. The van der Waals surface area contributed by atoms with Crippen molar-refractivity contribution in [3.63, 3.8) is 0 Å². The van der Waals surface area contributed by atoms with E-state index < -0.39 is 23.2 Å². The summed E-state index contributed by atoms with van der Waals surface area (Å²) in [6.07, 6.45) is 0. The Bertz CT molecular complexity index is 715. The minimum Gasteiger partial charge on any atom is -0.394 e. The van der Waals surface area contributed by atoms with Gasteiger partial charge in [-0.2, -0.15) is 5.26 Å². The maximum absolute atomic E-state index is 13.3. The summed E-state index contributed by atoms with van der Waals surface area (Å²) in [5.74, 6) is -2.59. The lowest BCUT2D eigenvalue weighted by Gasteiger charge is -2.07. The molecule has 0 aromatic heterocycles. The fourth-order valence-electron chi connectivity index (χ4n) is 1.75. The zero-order valence-electron chi connectivity index (χ0n) is 10.9. The Kier molecular flexibility index (Phi) is 4.14. The highest BCUT2D eigenvalue weighted by molar-refractivity contribution is 5.94. The van der Waals surface area contributed by atoms with Crippen LogP contribution in [0.3, 0.4) is 0 Å². The SMILES string of the molecule is N#Cc1cccc(CNC(=O)c2cc(F)c(N)c(F)c2)c1. The lowest BCUT2D eigenvalue weighted by atomic mass is 10.1. The van der Waals surface area contributed by atoms with Crippen molar-refractivity contribution in [2.75, 3.05) is 5.73 Å². The van der Waals surface area contributed by atoms with Gasteiger partial charge in [0.25, 0.3) is 5.91 Å². The van der Waals surface area contributed by atoms with E-state index >= 15 is 0 Å².